The summed E-state index contributed by atoms with van der Waals surface area (Å²) in [7, 11) is 2.07. The van der Waals surface area contributed by atoms with Crippen LogP contribution in [0.3, 0.4) is 0 Å². The maximum absolute atomic E-state index is 13.0. The van der Waals surface area contributed by atoms with Crippen LogP contribution >= 0.6 is 24.8 Å². The van der Waals surface area contributed by atoms with Crippen molar-refractivity contribution in [3.05, 3.63) is 0 Å². The first-order valence-electron chi connectivity index (χ1n) is 10.4. The van der Waals surface area contributed by atoms with Crippen LogP contribution in [0.2, 0.25) is 0 Å². The zero-order valence-corrected chi connectivity index (χ0v) is 19.2. The van der Waals surface area contributed by atoms with Crippen LogP contribution in [0.1, 0.15) is 46.0 Å². The lowest BCUT2D eigenvalue weighted by atomic mass is 10.0. The lowest BCUT2D eigenvalue weighted by Crippen LogP contribution is -2.50. The molecule has 1 unspecified atom stereocenters. The van der Waals surface area contributed by atoms with Gasteiger partial charge in [-0.3, -0.25) is 14.5 Å². The van der Waals surface area contributed by atoms with Crippen molar-refractivity contribution in [1.29, 1.82) is 0 Å². The topological polar surface area (TPSA) is 55.9 Å². The minimum Gasteiger partial charge on any atom is -0.339 e. The molecule has 3 aliphatic rings. The Balaban J connectivity index is 0.00000196. The molecule has 1 N–H and O–H groups in total. The molecule has 28 heavy (non-hydrogen) atoms. The molecular weight excluding hydrogens is 399 g/mol. The number of amides is 2. The zero-order chi connectivity index (χ0) is 18.7. The molecule has 164 valence electrons. The molecule has 1 aliphatic carbocycles. The van der Waals surface area contributed by atoms with Gasteiger partial charge in [0.05, 0.1) is 12.6 Å². The highest BCUT2D eigenvalue weighted by molar-refractivity contribution is 5.85. The first-order chi connectivity index (χ1) is 12.5. The first kappa shape index (κ1) is 25.5. The molecule has 0 aromatic carbocycles. The summed E-state index contributed by atoms with van der Waals surface area (Å²) in [5, 5.41) is 3.38. The molecular formula is C20H38Cl2N4O2. The molecule has 3 rings (SSSR count). The molecule has 2 saturated heterocycles. The summed E-state index contributed by atoms with van der Waals surface area (Å²) in [5.74, 6) is 1.47. The van der Waals surface area contributed by atoms with E-state index < -0.39 is 0 Å². The normalized spacial score (nSPS) is 24.0. The number of piperidine rings is 1. The van der Waals surface area contributed by atoms with Gasteiger partial charge in [0.25, 0.3) is 0 Å². The maximum Gasteiger partial charge on any atom is 0.236 e. The summed E-state index contributed by atoms with van der Waals surface area (Å²) in [6.45, 7) is 9.03. The molecule has 0 bridgehead atoms. The third kappa shape index (κ3) is 6.75. The Labute approximate surface area is 182 Å². The van der Waals surface area contributed by atoms with E-state index in [-0.39, 0.29) is 42.7 Å². The Morgan fingerprint density at radius 2 is 1.82 bits per heavy atom. The Morgan fingerprint density at radius 3 is 2.39 bits per heavy atom. The molecule has 2 amide bonds. The van der Waals surface area contributed by atoms with E-state index in [0.29, 0.717) is 43.9 Å². The highest BCUT2D eigenvalue weighted by Gasteiger charge is 2.36. The molecule has 1 atom stereocenters. The summed E-state index contributed by atoms with van der Waals surface area (Å²) in [5.41, 5.74) is 0. The number of likely N-dealkylation sites (N-methyl/N-ethyl adjacent to an activating group) is 1. The number of hydrogen-bond donors (Lipinski definition) is 1. The third-order valence-electron chi connectivity index (χ3n) is 6.31. The van der Waals surface area contributed by atoms with E-state index in [2.05, 4.69) is 36.0 Å². The monoisotopic (exact) mass is 436 g/mol. The third-order valence-corrected chi connectivity index (χ3v) is 6.31. The van der Waals surface area contributed by atoms with Gasteiger partial charge >= 0.3 is 0 Å². The quantitative estimate of drug-likeness (QED) is 0.691. The van der Waals surface area contributed by atoms with Gasteiger partial charge in [-0.2, -0.15) is 0 Å². The van der Waals surface area contributed by atoms with E-state index in [1.165, 1.54) is 12.8 Å². The van der Waals surface area contributed by atoms with Crippen LogP contribution in [-0.2, 0) is 9.59 Å². The van der Waals surface area contributed by atoms with E-state index in [0.717, 1.165) is 32.5 Å². The second-order valence-corrected chi connectivity index (χ2v) is 8.79. The van der Waals surface area contributed by atoms with Gasteiger partial charge in [-0.25, -0.2) is 0 Å². The van der Waals surface area contributed by atoms with Crippen LogP contribution in [0, 0.1) is 11.8 Å². The fourth-order valence-corrected chi connectivity index (χ4v) is 4.28. The van der Waals surface area contributed by atoms with Crippen LogP contribution in [0.5, 0.6) is 0 Å². The Kier molecular flexibility index (Phi) is 10.5. The van der Waals surface area contributed by atoms with Gasteiger partial charge in [-0.1, -0.05) is 13.8 Å². The van der Waals surface area contributed by atoms with Crippen LogP contribution in [0.15, 0.2) is 0 Å². The smallest absolute Gasteiger partial charge is 0.236 e. The van der Waals surface area contributed by atoms with Gasteiger partial charge in [-0.05, 0) is 57.7 Å². The van der Waals surface area contributed by atoms with Gasteiger partial charge in [0.2, 0.25) is 11.8 Å². The van der Waals surface area contributed by atoms with Crippen molar-refractivity contribution >= 4 is 36.6 Å². The maximum atomic E-state index is 13.0. The van der Waals surface area contributed by atoms with Gasteiger partial charge in [-0.15, -0.1) is 24.8 Å². The number of hydrogen-bond acceptors (Lipinski definition) is 4. The molecule has 0 aromatic rings. The molecule has 2 heterocycles. The summed E-state index contributed by atoms with van der Waals surface area (Å²) in [4.78, 5) is 31.9. The average Bonchev–Trinajstić information content (AvgIpc) is 3.45. The predicted octanol–water partition coefficient (Wildman–Crippen LogP) is 2.01. The van der Waals surface area contributed by atoms with E-state index >= 15 is 0 Å². The lowest BCUT2D eigenvalue weighted by molar-refractivity contribution is -0.134. The number of carbonyl (C=O) groups excluding carboxylic acids is 2. The van der Waals surface area contributed by atoms with Gasteiger partial charge in [0.15, 0.2) is 0 Å². The molecule has 6 nitrogen and oxygen atoms in total. The van der Waals surface area contributed by atoms with Gasteiger partial charge < -0.3 is 15.1 Å². The summed E-state index contributed by atoms with van der Waals surface area (Å²) >= 11 is 0. The van der Waals surface area contributed by atoms with Crippen LogP contribution in [-0.4, -0.2) is 84.9 Å². The van der Waals surface area contributed by atoms with Crippen molar-refractivity contribution in [1.82, 2.24) is 20.0 Å². The highest BCUT2D eigenvalue weighted by Crippen LogP contribution is 2.32. The summed E-state index contributed by atoms with van der Waals surface area (Å²) < 4.78 is 0. The molecule has 2 aliphatic heterocycles. The lowest BCUT2D eigenvalue weighted by Gasteiger charge is -2.36. The molecule has 8 heteroatoms. The summed E-state index contributed by atoms with van der Waals surface area (Å²) in [6.07, 6.45) is 5.17. The number of rotatable bonds is 6. The van der Waals surface area contributed by atoms with Crippen LogP contribution in [0.4, 0.5) is 0 Å². The predicted molar refractivity (Wildman–Crippen MR) is 117 cm³/mol. The molecule has 1 saturated carbocycles. The van der Waals surface area contributed by atoms with Gasteiger partial charge in [0.1, 0.15) is 0 Å². The van der Waals surface area contributed by atoms with Crippen molar-refractivity contribution in [2.45, 2.75) is 58.0 Å². The van der Waals surface area contributed by atoms with Crippen molar-refractivity contribution in [3.8, 4) is 0 Å². The molecule has 0 spiro atoms. The molecule has 0 aromatic heterocycles. The largest absolute Gasteiger partial charge is 0.339 e. The summed E-state index contributed by atoms with van der Waals surface area (Å²) in [6, 6.07) is 0.639. The Hall–Kier alpha value is -0.560. The Morgan fingerprint density at radius 1 is 1.18 bits per heavy atom. The van der Waals surface area contributed by atoms with E-state index in [1.54, 1.807) is 0 Å². The van der Waals surface area contributed by atoms with Gasteiger partial charge in [0, 0.05) is 32.1 Å². The molecule has 0 radical (unpaired) electrons. The minimum absolute atomic E-state index is 0. The standard InChI is InChI=1S/C20H36N4O2.2ClH/c1-15(2)18-13-23(11-8-19(25)24(18)12-16-4-5-16)20(26)14-22(3)17-6-9-21-10-7-17;;/h15-18,21H,4-14H2,1-3H3;2*1H. The average molecular weight is 437 g/mol. The fraction of sp³-hybridized carbons (Fsp3) is 0.900. The minimum atomic E-state index is 0. The number of halogens is 2. The van der Waals surface area contributed by atoms with Crippen LogP contribution in [0.25, 0.3) is 0 Å². The second-order valence-electron chi connectivity index (χ2n) is 8.79. The fourth-order valence-electron chi connectivity index (χ4n) is 4.28. The zero-order valence-electron chi connectivity index (χ0n) is 17.6. The molecule has 3 fully saturated rings. The van der Waals surface area contributed by atoms with E-state index in [9.17, 15) is 9.59 Å². The number of nitrogens with zero attached hydrogens (tertiary/aromatic N) is 3. The van der Waals surface area contributed by atoms with Crippen molar-refractivity contribution < 1.29 is 9.59 Å². The van der Waals surface area contributed by atoms with Crippen molar-refractivity contribution in [3.63, 3.8) is 0 Å². The number of nitrogens with one attached hydrogen (secondary N) is 1. The SMILES string of the molecule is CC(C)C1CN(C(=O)CN(C)C2CCNCC2)CCC(=O)N1CC1CC1.Cl.Cl. The van der Waals surface area contributed by atoms with Crippen molar-refractivity contribution in [2.24, 2.45) is 11.8 Å². The number of carbonyl (C=O) groups is 2. The Bertz CT molecular complexity index is 510. The van der Waals surface area contributed by atoms with Crippen LogP contribution < -0.4 is 5.32 Å². The van der Waals surface area contributed by atoms with E-state index in [1.807, 2.05) is 4.90 Å². The second kappa shape index (κ2) is 11.6. The van der Waals surface area contributed by atoms with E-state index in [4.69, 9.17) is 0 Å². The van der Waals surface area contributed by atoms with Crippen molar-refractivity contribution in [2.75, 3.05) is 46.3 Å². The first-order valence-corrected chi connectivity index (χ1v) is 10.4. The highest BCUT2D eigenvalue weighted by atomic mass is 35.5.